The van der Waals surface area contributed by atoms with E-state index in [0.29, 0.717) is 27.0 Å². The third-order valence-corrected chi connectivity index (χ3v) is 3.78. The summed E-state index contributed by atoms with van der Waals surface area (Å²) in [5.74, 6) is 0.392. The second-order valence-corrected chi connectivity index (χ2v) is 5.23. The Balaban J connectivity index is 2.63. The third kappa shape index (κ3) is 2.68. The molecular weight excluding hydrogens is 299 g/mol. The number of aromatic nitrogens is 1. The van der Waals surface area contributed by atoms with Crippen molar-refractivity contribution < 1.29 is 9.90 Å². The zero-order chi connectivity index (χ0) is 14.9. The molecule has 0 bridgehead atoms. The topological polar surface area (TPSA) is 65.1 Å². The first-order chi connectivity index (χ1) is 9.45. The highest BCUT2D eigenvalue weighted by Crippen LogP contribution is 2.39. The van der Waals surface area contributed by atoms with E-state index in [1.807, 2.05) is 6.92 Å². The summed E-state index contributed by atoms with van der Waals surface area (Å²) >= 11 is 12.3. The Morgan fingerprint density at radius 3 is 2.70 bits per heavy atom. The molecule has 106 valence electrons. The first-order valence-electron chi connectivity index (χ1n) is 5.99. The average Bonchev–Trinajstić information content (AvgIpc) is 2.71. The van der Waals surface area contributed by atoms with E-state index >= 15 is 0 Å². The summed E-state index contributed by atoms with van der Waals surface area (Å²) in [6, 6.07) is 3.45. The number of hydrogen-bond acceptors (Lipinski definition) is 2. The molecule has 1 aromatic carbocycles. The van der Waals surface area contributed by atoms with Crippen LogP contribution in [0.15, 0.2) is 18.3 Å². The zero-order valence-electron chi connectivity index (χ0n) is 11.1. The van der Waals surface area contributed by atoms with Crippen molar-refractivity contribution in [1.82, 2.24) is 4.98 Å². The first kappa shape index (κ1) is 14.9. The fraction of sp³-hybridized carbons (Fsp3) is 0.214. The van der Waals surface area contributed by atoms with Crippen LogP contribution in [-0.4, -0.2) is 16.0 Å². The largest absolute Gasteiger partial charge is 0.392 e. The van der Waals surface area contributed by atoms with Crippen LogP contribution in [0.4, 0.5) is 5.82 Å². The zero-order valence-corrected chi connectivity index (χ0v) is 12.6. The van der Waals surface area contributed by atoms with Gasteiger partial charge in [-0.15, -0.1) is 0 Å². The van der Waals surface area contributed by atoms with Crippen LogP contribution in [0.5, 0.6) is 0 Å². The van der Waals surface area contributed by atoms with Gasteiger partial charge in [0.15, 0.2) is 0 Å². The highest BCUT2D eigenvalue weighted by atomic mass is 35.5. The number of aliphatic hydroxyl groups excluding tert-OH is 1. The molecule has 2 rings (SSSR count). The maximum Gasteiger partial charge on any atom is 0.222 e. The maximum absolute atomic E-state index is 11.2. The summed E-state index contributed by atoms with van der Waals surface area (Å²) < 4.78 is 0. The second-order valence-electron chi connectivity index (χ2n) is 4.45. The van der Waals surface area contributed by atoms with Gasteiger partial charge in [0, 0.05) is 34.8 Å². The minimum absolute atomic E-state index is 0.180. The van der Waals surface area contributed by atoms with Crippen molar-refractivity contribution in [2.75, 3.05) is 5.32 Å². The number of amides is 1. The van der Waals surface area contributed by atoms with Crippen LogP contribution in [0, 0.1) is 6.92 Å². The molecule has 3 N–H and O–H groups in total. The highest BCUT2D eigenvalue weighted by molar-refractivity contribution is 6.38. The lowest BCUT2D eigenvalue weighted by Gasteiger charge is -2.12. The molecule has 0 atom stereocenters. The van der Waals surface area contributed by atoms with E-state index in [2.05, 4.69) is 10.3 Å². The van der Waals surface area contributed by atoms with Crippen molar-refractivity contribution in [2.45, 2.75) is 20.5 Å². The lowest BCUT2D eigenvalue weighted by atomic mass is 10.0. The quantitative estimate of drug-likeness (QED) is 0.808. The molecule has 0 unspecified atom stereocenters. The first-order valence-corrected chi connectivity index (χ1v) is 6.75. The molecule has 0 aliphatic carbocycles. The van der Waals surface area contributed by atoms with Gasteiger partial charge in [0.05, 0.1) is 11.6 Å². The molecule has 20 heavy (non-hydrogen) atoms. The number of halogens is 2. The summed E-state index contributed by atoms with van der Waals surface area (Å²) in [5, 5.41) is 12.9. The summed E-state index contributed by atoms with van der Waals surface area (Å²) in [7, 11) is 0. The van der Waals surface area contributed by atoms with Gasteiger partial charge < -0.3 is 15.4 Å². The van der Waals surface area contributed by atoms with Gasteiger partial charge in [0.2, 0.25) is 5.91 Å². The SMILES string of the molecule is CC(=O)Nc1[nH]cc(C)c1-c1ccc(Cl)c(CO)c1Cl. The Labute approximate surface area is 126 Å². The van der Waals surface area contributed by atoms with Crippen molar-refractivity contribution in [3.05, 3.63) is 39.5 Å². The molecule has 2 aromatic rings. The second kappa shape index (κ2) is 5.87. The van der Waals surface area contributed by atoms with Crippen molar-refractivity contribution in [1.29, 1.82) is 0 Å². The average molecular weight is 313 g/mol. The van der Waals surface area contributed by atoms with E-state index in [1.54, 1.807) is 18.3 Å². The Kier molecular flexibility index (Phi) is 4.38. The van der Waals surface area contributed by atoms with Crippen molar-refractivity contribution in [2.24, 2.45) is 0 Å². The van der Waals surface area contributed by atoms with Gasteiger partial charge >= 0.3 is 0 Å². The molecule has 6 heteroatoms. The normalized spacial score (nSPS) is 10.7. The number of aliphatic hydroxyl groups is 1. The smallest absolute Gasteiger partial charge is 0.222 e. The predicted octanol–water partition coefficient (Wildman–Crippen LogP) is 3.75. The molecule has 1 amide bonds. The fourth-order valence-corrected chi connectivity index (χ4v) is 2.66. The minimum Gasteiger partial charge on any atom is -0.392 e. The van der Waals surface area contributed by atoms with Gasteiger partial charge in [-0.1, -0.05) is 29.3 Å². The molecule has 0 spiro atoms. The van der Waals surface area contributed by atoms with Crippen molar-refractivity contribution in [3.8, 4) is 11.1 Å². The highest BCUT2D eigenvalue weighted by Gasteiger charge is 2.17. The number of aryl methyl sites for hydroxylation is 1. The van der Waals surface area contributed by atoms with Gasteiger partial charge in [-0.25, -0.2) is 0 Å². The summed E-state index contributed by atoms with van der Waals surface area (Å²) in [6.45, 7) is 3.09. The number of rotatable bonds is 3. The number of benzene rings is 1. The molecule has 0 saturated carbocycles. The maximum atomic E-state index is 11.2. The molecule has 4 nitrogen and oxygen atoms in total. The minimum atomic E-state index is -0.246. The van der Waals surface area contributed by atoms with E-state index < -0.39 is 0 Å². The summed E-state index contributed by atoms with van der Waals surface area (Å²) in [4.78, 5) is 14.2. The number of hydrogen-bond donors (Lipinski definition) is 3. The van der Waals surface area contributed by atoms with Crippen molar-refractivity contribution in [3.63, 3.8) is 0 Å². The van der Waals surface area contributed by atoms with Crippen LogP contribution >= 0.6 is 23.2 Å². The van der Waals surface area contributed by atoms with Crippen LogP contribution in [-0.2, 0) is 11.4 Å². The Morgan fingerprint density at radius 1 is 1.40 bits per heavy atom. The van der Waals surface area contributed by atoms with E-state index in [9.17, 15) is 9.90 Å². The molecular formula is C14H14Cl2N2O2. The molecule has 0 radical (unpaired) electrons. The van der Waals surface area contributed by atoms with E-state index in [4.69, 9.17) is 23.2 Å². The number of carbonyl (C=O) groups excluding carboxylic acids is 1. The van der Waals surface area contributed by atoms with Gasteiger partial charge in [-0.3, -0.25) is 4.79 Å². The third-order valence-electron chi connectivity index (χ3n) is 2.99. The van der Waals surface area contributed by atoms with Crippen molar-refractivity contribution >= 4 is 34.9 Å². The molecule has 0 fully saturated rings. The Hall–Kier alpha value is -1.49. The molecule has 0 saturated heterocycles. The predicted molar refractivity (Wildman–Crippen MR) is 81.2 cm³/mol. The van der Waals surface area contributed by atoms with E-state index in [1.165, 1.54) is 6.92 Å². The Bertz CT molecular complexity index is 665. The van der Waals surface area contributed by atoms with Crippen LogP contribution in [0.2, 0.25) is 10.0 Å². The van der Waals surface area contributed by atoms with Crippen LogP contribution in [0.1, 0.15) is 18.1 Å². The Morgan fingerprint density at radius 2 is 2.10 bits per heavy atom. The number of nitrogens with one attached hydrogen (secondary N) is 2. The standard InChI is InChI=1S/C14H14Cl2N2O2/c1-7-5-17-14(18-8(2)20)12(7)9-3-4-11(15)10(6-19)13(9)16/h3-5,17,19H,6H2,1-2H3,(H,18,20). The number of carbonyl (C=O) groups is 1. The summed E-state index contributed by atoms with van der Waals surface area (Å²) in [5.41, 5.74) is 2.90. The van der Waals surface area contributed by atoms with Crippen LogP contribution in [0.3, 0.4) is 0 Å². The van der Waals surface area contributed by atoms with Crippen LogP contribution in [0.25, 0.3) is 11.1 Å². The summed E-state index contributed by atoms with van der Waals surface area (Å²) in [6.07, 6.45) is 1.78. The lowest BCUT2D eigenvalue weighted by Crippen LogP contribution is -2.07. The van der Waals surface area contributed by atoms with Gasteiger partial charge in [0.25, 0.3) is 0 Å². The van der Waals surface area contributed by atoms with Gasteiger partial charge in [-0.05, 0) is 18.6 Å². The molecule has 0 aliphatic rings. The number of H-pyrrole nitrogens is 1. The van der Waals surface area contributed by atoms with E-state index in [-0.39, 0.29) is 12.5 Å². The fourth-order valence-electron chi connectivity index (χ4n) is 2.08. The number of anilines is 1. The molecule has 1 heterocycles. The lowest BCUT2D eigenvalue weighted by molar-refractivity contribution is -0.114. The van der Waals surface area contributed by atoms with E-state index in [0.717, 1.165) is 11.1 Å². The van der Waals surface area contributed by atoms with Gasteiger partial charge in [-0.2, -0.15) is 0 Å². The van der Waals surface area contributed by atoms with Crippen LogP contribution < -0.4 is 5.32 Å². The molecule has 0 aliphatic heterocycles. The monoisotopic (exact) mass is 312 g/mol. The van der Waals surface area contributed by atoms with Gasteiger partial charge in [0.1, 0.15) is 5.82 Å². The number of aromatic amines is 1. The molecule has 1 aromatic heterocycles.